The summed E-state index contributed by atoms with van der Waals surface area (Å²) in [4.78, 5) is 0. The van der Waals surface area contributed by atoms with Gasteiger partial charge in [-0.25, -0.2) is 0 Å². The van der Waals surface area contributed by atoms with E-state index in [0.717, 1.165) is 13.0 Å². The van der Waals surface area contributed by atoms with Crippen molar-refractivity contribution >= 4 is 12.6 Å². The molecule has 0 amide bonds. The average molecular weight is 368 g/mol. The highest BCUT2D eigenvalue weighted by atomic mass is 32.1. The summed E-state index contributed by atoms with van der Waals surface area (Å²) in [7, 11) is 0. The minimum absolute atomic E-state index is 0.219. The zero-order valence-electron chi connectivity index (χ0n) is 16.8. The minimum atomic E-state index is -0.365. The fraction of sp³-hybridized carbons (Fsp3) is 1.00. The van der Waals surface area contributed by atoms with Crippen molar-refractivity contribution in [2.24, 2.45) is 11.7 Å². The van der Waals surface area contributed by atoms with Crippen molar-refractivity contribution in [3.8, 4) is 0 Å². The monoisotopic (exact) mass is 367 g/mol. The Balaban J connectivity index is -0.000000458. The highest BCUT2D eigenvalue weighted by molar-refractivity contribution is 7.80. The van der Waals surface area contributed by atoms with Crippen LogP contribution in [0.3, 0.4) is 0 Å². The average Bonchev–Trinajstić information content (AvgIpc) is 2.52. The number of aliphatic hydroxyl groups is 2. The van der Waals surface area contributed by atoms with Crippen molar-refractivity contribution in [1.29, 1.82) is 0 Å². The highest BCUT2D eigenvalue weighted by Crippen LogP contribution is 2.13. The molecule has 5 heteroatoms. The third kappa shape index (κ3) is 30.1. The zero-order valence-corrected chi connectivity index (χ0v) is 17.7. The van der Waals surface area contributed by atoms with Crippen molar-refractivity contribution in [2.45, 2.75) is 90.9 Å². The van der Waals surface area contributed by atoms with Gasteiger partial charge in [0.2, 0.25) is 0 Å². The van der Waals surface area contributed by atoms with Gasteiger partial charge >= 0.3 is 0 Å². The zero-order chi connectivity index (χ0) is 19.2. The quantitative estimate of drug-likeness (QED) is 0.393. The summed E-state index contributed by atoms with van der Waals surface area (Å²) >= 11 is 4.25. The van der Waals surface area contributed by atoms with E-state index in [2.05, 4.69) is 40.3 Å². The maximum atomic E-state index is 9.61. The van der Waals surface area contributed by atoms with Gasteiger partial charge in [-0.15, -0.1) is 0 Å². The molecule has 0 saturated carbocycles. The highest BCUT2D eigenvalue weighted by Gasteiger charge is 2.10. The van der Waals surface area contributed by atoms with Gasteiger partial charge in [-0.3, -0.25) is 0 Å². The van der Waals surface area contributed by atoms with Gasteiger partial charge in [-0.05, 0) is 31.7 Å². The molecule has 0 aromatic heterocycles. The standard InChI is InChI=1S/C13H28O2S.C3H9NO.C3H8/c1-4-6-7-12(5-2)9-15-10-13(14)8-11(3)16;4-2-1-3-5;1-3-2/h11-14,16H,4-10H2,1-3H3;5H,1-4H2;3H2,1-2H3. The summed E-state index contributed by atoms with van der Waals surface area (Å²) in [6.07, 6.45) is 7.24. The van der Waals surface area contributed by atoms with E-state index >= 15 is 0 Å². The SMILES string of the molecule is CCC.CCCCC(CC)COCC(O)CC(C)S.NCCCO. The van der Waals surface area contributed by atoms with Crippen LogP contribution in [0.25, 0.3) is 0 Å². The minimum Gasteiger partial charge on any atom is -0.396 e. The first-order chi connectivity index (χ1) is 11.4. The molecule has 0 spiro atoms. The lowest BCUT2D eigenvalue weighted by Crippen LogP contribution is -2.21. The van der Waals surface area contributed by atoms with Gasteiger partial charge in [0.05, 0.1) is 12.7 Å². The number of thiol groups is 1. The molecule has 0 aliphatic carbocycles. The fourth-order valence-corrected chi connectivity index (χ4v) is 2.07. The Morgan fingerprint density at radius 1 is 1.08 bits per heavy atom. The summed E-state index contributed by atoms with van der Waals surface area (Å²) < 4.78 is 5.56. The number of unbranched alkanes of at least 4 members (excludes halogenated alkanes) is 1. The molecule has 0 bridgehead atoms. The summed E-state index contributed by atoms with van der Waals surface area (Å²) in [5.41, 5.74) is 4.98. The van der Waals surface area contributed by atoms with Crippen LogP contribution < -0.4 is 5.73 Å². The number of ether oxygens (including phenoxy) is 1. The van der Waals surface area contributed by atoms with Crippen LogP contribution in [0, 0.1) is 5.92 Å². The largest absolute Gasteiger partial charge is 0.396 e. The lowest BCUT2D eigenvalue weighted by atomic mass is 10.0. The van der Waals surface area contributed by atoms with E-state index in [1.54, 1.807) is 0 Å². The molecule has 0 aromatic carbocycles. The van der Waals surface area contributed by atoms with Gasteiger partial charge < -0.3 is 20.7 Å². The Bertz CT molecular complexity index is 205. The summed E-state index contributed by atoms with van der Waals surface area (Å²) in [5.74, 6) is 0.653. The van der Waals surface area contributed by atoms with Crippen LogP contribution >= 0.6 is 12.6 Å². The number of hydrogen-bond acceptors (Lipinski definition) is 5. The molecule has 0 aromatic rings. The van der Waals surface area contributed by atoms with E-state index in [4.69, 9.17) is 15.6 Å². The Hall–Kier alpha value is 0.190. The Kier molecular flexibility index (Phi) is 30.7. The molecule has 0 saturated heterocycles. The van der Waals surface area contributed by atoms with Crippen LogP contribution in [0.1, 0.15) is 79.6 Å². The Morgan fingerprint density at radius 3 is 2.00 bits per heavy atom. The third-order valence-electron chi connectivity index (χ3n) is 3.18. The van der Waals surface area contributed by atoms with Crippen LogP contribution in [0.15, 0.2) is 0 Å². The second kappa shape index (κ2) is 25.4. The molecule has 0 radical (unpaired) electrons. The number of aliphatic hydroxyl groups excluding tert-OH is 2. The Labute approximate surface area is 157 Å². The van der Waals surface area contributed by atoms with E-state index in [-0.39, 0.29) is 18.0 Å². The summed E-state index contributed by atoms with van der Waals surface area (Å²) in [6, 6.07) is 0. The molecule has 0 aliphatic heterocycles. The molecule has 0 fully saturated rings. The molecule has 0 rings (SSSR count). The first-order valence-corrected chi connectivity index (χ1v) is 10.2. The maximum absolute atomic E-state index is 9.61. The molecule has 0 heterocycles. The third-order valence-corrected chi connectivity index (χ3v) is 3.39. The predicted octanol–water partition coefficient (Wildman–Crippen LogP) is 4.03. The predicted molar refractivity (Wildman–Crippen MR) is 110 cm³/mol. The summed E-state index contributed by atoms with van der Waals surface area (Å²) in [6.45, 7) is 12.7. The molecule has 0 aliphatic rings. The van der Waals surface area contributed by atoms with E-state index < -0.39 is 0 Å². The number of hydrogen-bond donors (Lipinski definition) is 4. The lowest BCUT2D eigenvalue weighted by Gasteiger charge is -2.17. The second-order valence-corrected chi connectivity index (χ2v) is 7.15. The molecule has 4 N–H and O–H groups in total. The molecular weight excluding hydrogens is 322 g/mol. The van der Waals surface area contributed by atoms with Crippen molar-refractivity contribution in [3.05, 3.63) is 0 Å². The second-order valence-electron chi connectivity index (χ2n) is 6.27. The van der Waals surface area contributed by atoms with Gasteiger partial charge in [0.1, 0.15) is 0 Å². The number of rotatable bonds is 12. The number of nitrogens with two attached hydrogens (primary N) is 1. The van der Waals surface area contributed by atoms with Crippen molar-refractivity contribution in [1.82, 2.24) is 0 Å². The van der Waals surface area contributed by atoms with Crippen molar-refractivity contribution in [3.63, 3.8) is 0 Å². The Morgan fingerprint density at radius 2 is 1.67 bits per heavy atom. The van der Waals surface area contributed by atoms with Gasteiger partial charge in [-0.1, -0.05) is 60.3 Å². The van der Waals surface area contributed by atoms with Crippen molar-refractivity contribution in [2.75, 3.05) is 26.4 Å². The van der Waals surface area contributed by atoms with Gasteiger partial charge in [0, 0.05) is 18.5 Å². The van der Waals surface area contributed by atoms with Crippen LogP contribution in [0.2, 0.25) is 0 Å². The molecule has 3 unspecified atom stereocenters. The topological polar surface area (TPSA) is 75.7 Å². The lowest BCUT2D eigenvalue weighted by molar-refractivity contribution is 0.0159. The first kappa shape index (κ1) is 29.0. The van der Waals surface area contributed by atoms with Gasteiger partial charge in [0.15, 0.2) is 0 Å². The fourth-order valence-electron chi connectivity index (χ4n) is 1.82. The maximum Gasteiger partial charge on any atom is 0.0784 e. The van der Waals surface area contributed by atoms with E-state index in [0.29, 0.717) is 25.5 Å². The van der Waals surface area contributed by atoms with E-state index in [1.807, 2.05) is 6.92 Å². The molecule has 3 atom stereocenters. The van der Waals surface area contributed by atoms with Gasteiger partial charge in [-0.2, -0.15) is 12.6 Å². The molecule has 24 heavy (non-hydrogen) atoms. The molecular formula is C19H45NO3S. The normalized spacial score (nSPS) is 13.9. The van der Waals surface area contributed by atoms with Crippen LogP contribution in [-0.2, 0) is 4.74 Å². The molecule has 150 valence electrons. The summed E-state index contributed by atoms with van der Waals surface area (Å²) in [5, 5.41) is 17.8. The van der Waals surface area contributed by atoms with E-state index in [9.17, 15) is 5.11 Å². The van der Waals surface area contributed by atoms with Crippen LogP contribution in [0.5, 0.6) is 0 Å². The smallest absolute Gasteiger partial charge is 0.0784 e. The van der Waals surface area contributed by atoms with Crippen molar-refractivity contribution < 1.29 is 14.9 Å². The van der Waals surface area contributed by atoms with Gasteiger partial charge in [0.25, 0.3) is 0 Å². The van der Waals surface area contributed by atoms with Crippen LogP contribution in [0.4, 0.5) is 0 Å². The van der Waals surface area contributed by atoms with E-state index in [1.165, 1.54) is 32.1 Å². The molecule has 4 nitrogen and oxygen atoms in total. The van der Waals surface area contributed by atoms with Crippen LogP contribution in [-0.4, -0.2) is 47.9 Å². The first-order valence-electron chi connectivity index (χ1n) is 9.67.